The van der Waals surface area contributed by atoms with E-state index in [2.05, 4.69) is 20.6 Å². The summed E-state index contributed by atoms with van der Waals surface area (Å²) < 4.78 is 38.8. The van der Waals surface area contributed by atoms with E-state index in [0.29, 0.717) is 18.3 Å². The summed E-state index contributed by atoms with van der Waals surface area (Å²) in [6, 6.07) is 6.87. The third kappa shape index (κ3) is 5.43. The number of thioether (sulfide) groups is 1. The Bertz CT molecular complexity index is 948. The molecule has 0 spiro atoms. The van der Waals surface area contributed by atoms with Crippen molar-refractivity contribution in [2.45, 2.75) is 50.6 Å². The normalized spacial score (nSPS) is 19.4. The van der Waals surface area contributed by atoms with Gasteiger partial charge in [-0.25, -0.2) is 9.97 Å². The van der Waals surface area contributed by atoms with Crippen molar-refractivity contribution in [1.29, 1.82) is 0 Å². The SMILES string of the molecule is CCC1=CSC(C(=O)NCC(CC(C)C)c2ccc(C(F)(F)F)cc2)(c2ncccn2)N1. The van der Waals surface area contributed by atoms with Gasteiger partial charge < -0.3 is 10.6 Å². The Labute approximate surface area is 190 Å². The minimum atomic E-state index is -4.38. The second-order valence-corrected chi connectivity index (χ2v) is 9.23. The van der Waals surface area contributed by atoms with Crippen molar-refractivity contribution < 1.29 is 18.0 Å². The zero-order valence-corrected chi connectivity index (χ0v) is 19.1. The predicted molar refractivity (Wildman–Crippen MR) is 119 cm³/mol. The minimum Gasteiger partial charge on any atom is -0.359 e. The van der Waals surface area contributed by atoms with Gasteiger partial charge in [-0.15, -0.1) is 0 Å². The molecule has 2 N–H and O–H groups in total. The van der Waals surface area contributed by atoms with E-state index in [4.69, 9.17) is 0 Å². The maximum Gasteiger partial charge on any atom is 0.416 e. The van der Waals surface area contributed by atoms with Gasteiger partial charge >= 0.3 is 6.18 Å². The van der Waals surface area contributed by atoms with Crippen LogP contribution < -0.4 is 10.6 Å². The maximum atomic E-state index is 13.4. The molecule has 1 aliphatic heterocycles. The van der Waals surface area contributed by atoms with Crippen LogP contribution in [0, 0.1) is 5.92 Å². The molecule has 0 saturated heterocycles. The molecule has 5 nitrogen and oxygen atoms in total. The van der Waals surface area contributed by atoms with Crippen LogP contribution in [0.5, 0.6) is 0 Å². The van der Waals surface area contributed by atoms with E-state index in [0.717, 1.165) is 36.2 Å². The molecule has 0 radical (unpaired) electrons. The molecule has 1 amide bonds. The molecule has 0 saturated carbocycles. The molecule has 9 heteroatoms. The zero-order chi connectivity index (χ0) is 23.4. The number of halogens is 3. The molecule has 1 aromatic carbocycles. The summed E-state index contributed by atoms with van der Waals surface area (Å²) >= 11 is 1.31. The number of hydrogen-bond acceptors (Lipinski definition) is 5. The van der Waals surface area contributed by atoms with Crippen LogP contribution in [0.2, 0.25) is 0 Å². The van der Waals surface area contributed by atoms with Gasteiger partial charge in [-0.1, -0.05) is 44.7 Å². The van der Waals surface area contributed by atoms with Crippen molar-refractivity contribution in [3.8, 4) is 0 Å². The highest BCUT2D eigenvalue weighted by Crippen LogP contribution is 2.40. The molecule has 0 bridgehead atoms. The van der Waals surface area contributed by atoms with E-state index in [-0.39, 0.29) is 11.8 Å². The van der Waals surface area contributed by atoms with Gasteiger partial charge in [0.1, 0.15) is 0 Å². The monoisotopic (exact) mass is 464 g/mol. The molecule has 0 aliphatic carbocycles. The van der Waals surface area contributed by atoms with Crippen LogP contribution in [0.25, 0.3) is 0 Å². The van der Waals surface area contributed by atoms with Crippen LogP contribution in [0.4, 0.5) is 13.2 Å². The highest BCUT2D eigenvalue weighted by Gasteiger charge is 2.46. The molecule has 1 aliphatic rings. The number of rotatable bonds is 8. The van der Waals surface area contributed by atoms with Crippen molar-refractivity contribution in [2.24, 2.45) is 5.92 Å². The van der Waals surface area contributed by atoms with Crippen molar-refractivity contribution >= 4 is 17.7 Å². The standard InChI is InChI=1S/C23H27F3N4OS/c1-4-19-14-32-22(30-19,20-27-10-5-11-28-20)21(31)29-13-17(12-15(2)3)16-6-8-18(9-7-16)23(24,25)26/h5-11,14-15,17,30H,4,12-13H2,1-3H3,(H,29,31). The molecule has 0 fully saturated rings. The van der Waals surface area contributed by atoms with Crippen molar-refractivity contribution in [2.75, 3.05) is 6.54 Å². The number of amides is 1. The zero-order valence-electron chi connectivity index (χ0n) is 18.2. The molecule has 172 valence electrons. The molecule has 32 heavy (non-hydrogen) atoms. The first-order valence-electron chi connectivity index (χ1n) is 10.5. The number of hydrogen-bond donors (Lipinski definition) is 2. The van der Waals surface area contributed by atoms with Gasteiger partial charge in [0.25, 0.3) is 5.91 Å². The summed E-state index contributed by atoms with van der Waals surface area (Å²) in [5.41, 5.74) is 0.994. The number of nitrogens with one attached hydrogen (secondary N) is 2. The van der Waals surface area contributed by atoms with Crippen molar-refractivity contribution in [1.82, 2.24) is 20.6 Å². The number of alkyl halides is 3. The summed E-state index contributed by atoms with van der Waals surface area (Å²) in [5.74, 6) is 0.254. The Kier molecular flexibility index (Phi) is 7.48. The predicted octanol–water partition coefficient (Wildman–Crippen LogP) is 5.18. The minimum absolute atomic E-state index is 0.125. The fourth-order valence-electron chi connectivity index (χ4n) is 3.61. The van der Waals surface area contributed by atoms with Crippen LogP contribution in [-0.4, -0.2) is 22.4 Å². The summed E-state index contributed by atoms with van der Waals surface area (Å²) in [4.78, 5) is 20.8. The summed E-state index contributed by atoms with van der Waals surface area (Å²) in [7, 11) is 0. The van der Waals surface area contributed by atoms with Crippen LogP contribution in [0.15, 0.2) is 53.8 Å². The van der Waals surface area contributed by atoms with Gasteiger partial charge in [0, 0.05) is 30.6 Å². The highest BCUT2D eigenvalue weighted by molar-refractivity contribution is 8.04. The highest BCUT2D eigenvalue weighted by atomic mass is 32.2. The maximum absolute atomic E-state index is 13.4. The van der Waals surface area contributed by atoms with E-state index in [1.807, 2.05) is 26.2 Å². The summed E-state index contributed by atoms with van der Waals surface area (Å²) in [6.07, 6.45) is 0.258. The van der Waals surface area contributed by atoms with Crippen molar-refractivity contribution in [3.63, 3.8) is 0 Å². The number of benzene rings is 1. The van der Waals surface area contributed by atoms with Crippen LogP contribution in [-0.2, 0) is 15.8 Å². The molecule has 2 heterocycles. The first kappa shape index (κ1) is 24.1. The topological polar surface area (TPSA) is 66.9 Å². The average molecular weight is 465 g/mol. The number of allylic oxidation sites excluding steroid dienone is 1. The first-order chi connectivity index (χ1) is 15.2. The lowest BCUT2D eigenvalue weighted by atomic mass is 9.89. The summed E-state index contributed by atoms with van der Waals surface area (Å²) in [6.45, 7) is 6.37. The Hall–Kier alpha value is -2.55. The lowest BCUT2D eigenvalue weighted by molar-refractivity contribution is -0.137. The second-order valence-electron chi connectivity index (χ2n) is 8.15. The quantitative estimate of drug-likeness (QED) is 0.563. The van der Waals surface area contributed by atoms with Gasteiger partial charge in [0.05, 0.1) is 5.56 Å². The number of aromatic nitrogens is 2. The third-order valence-electron chi connectivity index (χ3n) is 5.27. The molecular weight excluding hydrogens is 437 g/mol. The van der Waals surface area contributed by atoms with Gasteiger partial charge in [0.15, 0.2) is 5.82 Å². The fraction of sp³-hybridized carbons (Fsp3) is 0.435. The lowest BCUT2D eigenvalue weighted by Crippen LogP contribution is -2.51. The van der Waals surface area contributed by atoms with Crippen LogP contribution in [0.1, 0.15) is 56.5 Å². The van der Waals surface area contributed by atoms with E-state index in [9.17, 15) is 18.0 Å². The molecule has 3 rings (SSSR count). The van der Waals surface area contributed by atoms with Gasteiger partial charge in [-0.05, 0) is 47.9 Å². The Morgan fingerprint density at radius 3 is 2.38 bits per heavy atom. The molecule has 2 aromatic rings. The second kappa shape index (κ2) is 9.94. The van der Waals surface area contributed by atoms with Crippen molar-refractivity contribution in [3.05, 3.63) is 70.8 Å². The Morgan fingerprint density at radius 1 is 1.19 bits per heavy atom. The van der Waals surface area contributed by atoms with E-state index >= 15 is 0 Å². The first-order valence-corrected chi connectivity index (χ1v) is 11.4. The van der Waals surface area contributed by atoms with Gasteiger partial charge in [-0.2, -0.15) is 13.2 Å². The van der Waals surface area contributed by atoms with E-state index in [1.54, 1.807) is 18.5 Å². The van der Waals surface area contributed by atoms with Crippen LogP contribution >= 0.6 is 11.8 Å². The molecule has 2 atom stereocenters. The number of nitrogens with zero attached hydrogens (tertiary/aromatic N) is 2. The average Bonchev–Trinajstić information content (AvgIpc) is 3.22. The lowest BCUT2D eigenvalue weighted by Gasteiger charge is -2.29. The fourth-order valence-corrected chi connectivity index (χ4v) is 4.73. The van der Waals surface area contributed by atoms with Gasteiger partial charge in [0.2, 0.25) is 4.87 Å². The number of carbonyl (C=O) groups excluding carboxylic acids is 1. The van der Waals surface area contributed by atoms with Crippen LogP contribution in [0.3, 0.4) is 0 Å². The van der Waals surface area contributed by atoms with E-state index in [1.165, 1.54) is 23.9 Å². The van der Waals surface area contributed by atoms with E-state index < -0.39 is 16.6 Å². The van der Waals surface area contributed by atoms with Gasteiger partial charge in [-0.3, -0.25) is 4.79 Å². The Balaban J connectivity index is 1.79. The Morgan fingerprint density at radius 2 is 1.84 bits per heavy atom. The largest absolute Gasteiger partial charge is 0.416 e. The molecule has 2 unspecified atom stereocenters. The summed E-state index contributed by atoms with van der Waals surface area (Å²) in [5, 5.41) is 8.16. The third-order valence-corrected chi connectivity index (χ3v) is 6.50. The molecular formula is C23H27F3N4OS. The smallest absolute Gasteiger partial charge is 0.359 e. The number of carbonyl (C=O) groups is 1. The molecule has 1 aromatic heterocycles.